The second kappa shape index (κ2) is 5.31. The third-order valence-corrected chi connectivity index (χ3v) is 4.45. The molecule has 0 heterocycles. The minimum Gasteiger partial charge on any atom is -0.328 e. The molecule has 2 saturated carbocycles. The Morgan fingerprint density at radius 3 is 1.27 bits per heavy atom. The molecule has 0 aromatic heterocycles. The lowest BCUT2D eigenvalue weighted by molar-refractivity contribution is 0.225. The van der Waals surface area contributed by atoms with Crippen molar-refractivity contribution in [3.05, 3.63) is 0 Å². The van der Waals surface area contributed by atoms with Gasteiger partial charge in [-0.15, -0.1) is 0 Å². The van der Waals surface area contributed by atoms with Crippen molar-refractivity contribution in [2.75, 3.05) is 0 Å². The minimum absolute atomic E-state index is 0.501. The first-order chi connectivity index (χ1) is 7.24. The predicted octanol–water partition coefficient (Wildman–Crippen LogP) is 2.41. The van der Waals surface area contributed by atoms with E-state index in [1.54, 1.807) is 0 Å². The highest BCUT2D eigenvalue weighted by Crippen LogP contribution is 2.34. The predicted molar refractivity (Wildman–Crippen MR) is 64.5 cm³/mol. The topological polar surface area (TPSA) is 52.0 Å². The van der Waals surface area contributed by atoms with Gasteiger partial charge < -0.3 is 11.5 Å². The summed E-state index contributed by atoms with van der Waals surface area (Å²) in [7, 11) is 0. The number of nitrogens with two attached hydrogens (primary N) is 2. The molecule has 0 aromatic carbocycles. The largest absolute Gasteiger partial charge is 0.328 e. The molecule has 0 radical (unpaired) electrons. The van der Waals surface area contributed by atoms with Crippen molar-refractivity contribution in [2.45, 2.75) is 69.9 Å². The SMILES string of the molecule is N[C@H]1CC[C@@H](C[C@H]2CC[C@@H](N)CC2)CC1. The third kappa shape index (κ3) is 3.46. The van der Waals surface area contributed by atoms with E-state index >= 15 is 0 Å². The van der Waals surface area contributed by atoms with Crippen LogP contribution in [0, 0.1) is 11.8 Å². The number of rotatable bonds is 2. The standard InChI is InChI=1S/C13H26N2/c14-12-5-1-10(2-6-12)9-11-3-7-13(15)8-4-11/h10-13H,1-9,14-15H2/t10-,11-,12+,13+. The van der Waals surface area contributed by atoms with Gasteiger partial charge in [0.2, 0.25) is 0 Å². The summed E-state index contributed by atoms with van der Waals surface area (Å²) in [6, 6.07) is 1.00. The molecule has 2 nitrogen and oxygen atoms in total. The molecule has 4 N–H and O–H groups in total. The van der Waals surface area contributed by atoms with Crippen LogP contribution in [0.3, 0.4) is 0 Å². The van der Waals surface area contributed by atoms with Gasteiger partial charge in [-0.05, 0) is 69.6 Å². The van der Waals surface area contributed by atoms with E-state index in [9.17, 15) is 0 Å². The molecule has 2 aliphatic rings. The van der Waals surface area contributed by atoms with Gasteiger partial charge in [0.1, 0.15) is 0 Å². The zero-order valence-corrected chi connectivity index (χ0v) is 9.83. The van der Waals surface area contributed by atoms with E-state index < -0.39 is 0 Å². The van der Waals surface area contributed by atoms with Gasteiger partial charge in [-0.2, -0.15) is 0 Å². The summed E-state index contributed by atoms with van der Waals surface area (Å²) in [4.78, 5) is 0. The van der Waals surface area contributed by atoms with Gasteiger partial charge in [-0.25, -0.2) is 0 Å². The lowest BCUT2D eigenvalue weighted by atomic mass is 9.76. The lowest BCUT2D eigenvalue weighted by Crippen LogP contribution is -2.30. The van der Waals surface area contributed by atoms with Crippen LogP contribution in [0.5, 0.6) is 0 Å². The summed E-state index contributed by atoms with van der Waals surface area (Å²) >= 11 is 0. The molecule has 88 valence electrons. The van der Waals surface area contributed by atoms with Crippen LogP contribution in [0.15, 0.2) is 0 Å². The average molecular weight is 210 g/mol. The molecule has 0 aliphatic heterocycles. The molecule has 0 amide bonds. The Morgan fingerprint density at radius 1 is 0.600 bits per heavy atom. The zero-order chi connectivity index (χ0) is 10.7. The second-order valence-electron chi connectivity index (χ2n) is 5.80. The molecular weight excluding hydrogens is 184 g/mol. The van der Waals surface area contributed by atoms with E-state index in [2.05, 4.69) is 0 Å². The van der Waals surface area contributed by atoms with Crippen molar-refractivity contribution in [3.8, 4) is 0 Å². The quantitative estimate of drug-likeness (QED) is 0.735. The van der Waals surface area contributed by atoms with Gasteiger partial charge in [0, 0.05) is 12.1 Å². The number of hydrogen-bond donors (Lipinski definition) is 2. The Kier molecular flexibility index (Phi) is 4.04. The molecule has 2 aliphatic carbocycles. The Hall–Kier alpha value is -0.0800. The van der Waals surface area contributed by atoms with E-state index in [1.165, 1.54) is 57.8 Å². The molecular formula is C13H26N2. The molecule has 0 atom stereocenters. The van der Waals surface area contributed by atoms with Gasteiger partial charge in [-0.3, -0.25) is 0 Å². The van der Waals surface area contributed by atoms with Crippen molar-refractivity contribution < 1.29 is 0 Å². The maximum atomic E-state index is 5.93. The van der Waals surface area contributed by atoms with Crippen molar-refractivity contribution in [1.29, 1.82) is 0 Å². The van der Waals surface area contributed by atoms with Crippen LogP contribution in [0.25, 0.3) is 0 Å². The lowest BCUT2D eigenvalue weighted by Gasteiger charge is -2.32. The van der Waals surface area contributed by atoms with Crippen molar-refractivity contribution in [2.24, 2.45) is 23.3 Å². The summed E-state index contributed by atoms with van der Waals surface area (Å²) in [5.41, 5.74) is 11.9. The van der Waals surface area contributed by atoms with Crippen LogP contribution in [0.4, 0.5) is 0 Å². The summed E-state index contributed by atoms with van der Waals surface area (Å²) in [6.45, 7) is 0. The van der Waals surface area contributed by atoms with Gasteiger partial charge in [0.25, 0.3) is 0 Å². The van der Waals surface area contributed by atoms with Crippen LogP contribution >= 0.6 is 0 Å². The van der Waals surface area contributed by atoms with E-state index in [0.29, 0.717) is 12.1 Å². The van der Waals surface area contributed by atoms with E-state index in [1.807, 2.05) is 0 Å². The maximum Gasteiger partial charge on any atom is 0.00390 e. The molecule has 0 saturated heterocycles. The van der Waals surface area contributed by atoms with Crippen molar-refractivity contribution in [1.82, 2.24) is 0 Å². The maximum absolute atomic E-state index is 5.93. The van der Waals surface area contributed by atoms with Gasteiger partial charge in [0.15, 0.2) is 0 Å². The van der Waals surface area contributed by atoms with E-state index in [-0.39, 0.29) is 0 Å². The first-order valence-electron chi connectivity index (χ1n) is 6.75. The van der Waals surface area contributed by atoms with Gasteiger partial charge >= 0.3 is 0 Å². The Labute approximate surface area is 93.8 Å². The van der Waals surface area contributed by atoms with Crippen LogP contribution in [0.1, 0.15) is 57.8 Å². The normalized spacial score (nSPS) is 42.8. The molecule has 2 rings (SSSR count). The summed E-state index contributed by atoms with van der Waals surface area (Å²) in [6.07, 6.45) is 12.0. The molecule has 15 heavy (non-hydrogen) atoms. The molecule has 2 fully saturated rings. The fourth-order valence-electron chi connectivity index (χ4n) is 3.32. The average Bonchev–Trinajstić information content (AvgIpc) is 2.25. The fraction of sp³-hybridized carbons (Fsp3) is 1.00. The Bertz CT molecular complexity index is 157. The number of hydrogen-bond acceptors (Lipinski definition) is 2. The molecule has 0 spiro atoms. The molecule has 0 bridgehead atoms. The van der Waals surface area contributed by atoms with Crippen molar-refractivity contribution in [3.63, 3.8) is 0 Å². The molecule has 0 unspecified atom stereocenters. The summed E-state index contributed by atoms with van der Waals surface area (Å²) in [5.74, 6) is 1.95. The highest BCUT2D eigenvalue weighted by molar-refractivity contribution is 4.80. The van der Waals surface area contributed by atoms with E-state index in [4.69, 9.17) is 11.5 Å². The van der Waals surface area contributed by atoms with Crippen LogP contribution in [-0.2, 0) is 0 Å². The van der Waals surface area contributed by atoms with Crippen LogP contribution in [0.2, 0.25) is 0 Å². The summed E-state index contributed by atoms with van der Waals surface area (Å²) in [5, 5.41) is 0. The van der Waals surface area contributed by atoms with Gasteiger partial charge in [0.05, 0.1) is 0 Å². The zero-order valence-electron chi connectivity index (χ0n) is 9.83. The van der Waals surface area contributed by atoms with Gasteiger partial charge in [-0.1, -0.05) is 0 Å². The first kappa shape index (κ1) is 11.4. The minimum atomic E-state index is 0.501. The summed E-state index contributed by atoms with van der Waals surface area (Å²) < 4.78 is 0. The Balaban J connectivity index is 1.68. The fourth-order valence-corrected chi connectivity index (χ4v) is 3.32. The second-order valence-corrected chi connectivity index (χ2v) is 5.80. The Morgan fingerprint density at radius 2 is 0.933 bits per heavy atom. The molecule has 0 aromatic rings. The third-order valence-electron chi connectivity index (χ3n) is 4.45. The van der Waals surface area contributed by atoms with Crippen LogP contribution in [-0.4, -0.2) is 12.1 Å². The highest BCUT2D eigenvalue weighted by atomic mass is 14.6. The molecule has 2 heteroatoms. The monoisotopic (exact) mass is 210 g/mol. The van der Waals surface area contributed by atoms with Crippen LogP contribution < -0.4 is 11.5 Å². The van der Waals surface area contributed by atoms with E-state index in [0.717, 1.165) is 11.8 Å². The highest BCUT2D eigenvalue weighted by Gasteiger charge is 2.24. The first-order valence-corrected chi connectivity index (χ1v) is 6.75. The smallest absolute Gasteiger partial charge is 0.00390 e. The van der Waals surface area contributed by atoms with Crippen molar-refractivity contribution >= 4 is 0 Å².